The van der Waals surface area contributed by atoms with Crippen molar-refractivity contribution in [3.8, 4) is 0 Å². The van der Waals surface area contributed by atoms with Crippen LogP contribution in [-0.4, -0.2) is 52.4 Å². The van der Waals surface area contributed by atoms with E-state index >= 15 is 0 Å². The summed E-state index contributed by atoms with van der Waals surface area (Å²) in [6.45, 7) is 2.27. The van der Waals surface area contributed by atoms with E-state index in [2.05, 4.69) is 9.88 Å². The summed E-state index contributed by atoms with van der Waals surface area (Å²) in [6, 6.07) is 4.36. The Balaban J connectivity index is 1.57. The number of hydrogen-bond acceptors (Lipinski definition) is 4. The van der Waals surface area contributed by atoms with Crippen LogP contribution in [0.4, 0.5) is 8.78 Å². The van der Waals surface area contributed by atoms with Crippen LogP contribution in [0.15, 0.2) is 35.3 Å². The zero-order valence-electron chi connectivity index (χ0n) is 14.1. The van der Waals surface area contributed by atoms with E-state index in [9.17, 15) is 13.6 Å². The molecule has 1 amide bonds. The predicted molar refractivity (Wildman–Crippen MR) is 88.5 cm³/mol. The maximum atomic E-state index is 14.5. The second kappa shape index (κ2) is 5.87. The molecule has 5 nitrogen and oxygen atoms in total. The largest absolute Gasteiger partial charge is 0.451 e. The van der Waals surface area contributed by atoms with Crippen LogP contribution < -0.4 is 0 Å². The SMILES string of the molecule is O=C(c1cocn1)N1C[C@H](c2cccc(F)c2F)[C@H]2[C@@H]1C1CCN2CC1. The normalized spacial score (nSPS) is 32.7. The number of carbonyl (C=O) groups is 1. The quantitative estimate of drug-likeness (QED) is 0.827. The third-order valence-electron chi connectivity index (χ3n) is 6.29. The number of rotatable bonds is 2. The molecular weight excluding hydrogens is 340 g/mol. The summed E-state index contributed by atoms with van der Waals surface area (Å²) in [4.78, 5) is 21.1. The molecule has 2 aromatic rings. The number of oxazole rings is 1. The van der Waals surface area contributed by atoms with E-state index < -0.39 is 11.6 Å². The molecule has 0 spiro atoms. The lowest BCUT2D eigenvalue weighted by atomic mass is 9.75. The van der Waals surface area contributed by atoms with Crippen LogP contribution in [0.3, 0.4) is 0 Å². The van der Waals surface area contributed by atoms with Gasteiger partial charge < -0.3 is 9.32 Å². The van der Waals surface area contributed by atoms with E-state index in [1.54, 1.807) is 12.1 Å². The van der Waals surface area contributed by atoms with E-state index in [0.717, 1.165) is 32.0 Å². The Morgan fingerprint density at radius 3 is 2.73 bits per heavy atom. The predicted octanol–water partition coefficient (Wildman–Crippen LogP) is 2.66. The van der Waals surface area contributed by atoms with Gasteiger partial charge in [0.15, 0.2) is 23.7 Å². The maximum absolute atomic E-state index is 14.5. The van der Waals surface area contributed by atoms with Gasteiger partial charge in [0.1, 0.15) is 6.26 Å². The Kier molecular flexibility index (Phi) is 3.60. The summed E-state index contributed by atoms with van der Waals surface area (Å²) in [5.74, 6) is -1.68. The number of nitrogens with zero attached hydrogens (tertiary/aromatic N) is 3. The van der Waals surface area contributed by atoms with Crippen molar-refractivity contribution in [1.82, 2.24) is 14.8 Å². The van der Waals surface area contributed by atoms with Crippen molar-refractivity contribution >= 4 is 5.91 Å². The first-order chi connectivity index (χ1) is 12.6. The van der Waals surface area contributed by atoms with E-state index in [1.807, 2.05) is 4.90 Å². The highest BCUT2D eigenvalue weighted by atomic mass is 19.2. The average molecular weight is 359 g/mol. The van der Waals surface area contributed by atoms with Crippen LogP contribution >= 0.6 is 0 Å². The molecule has 4 aliphatic heterocycles. The molecule has 1 aromatic heterocycles. The fourth-order valence-corrected chi connectivity index (χ4v) is 5.20. The molecule has 4 aliphatic rings. The minimum Gasteiger partial charge on any atom is -0.451 e. The van der Waals surface area contributed by atoms with Gasteiger partial charge in [-0.1, -0.05) is 12.1 Å². The first-order valence-corrected chi connectivity index (χ1v) is 9.02. The van der Waals surface area contributed by atoms with Gasteiger partial charge >= 0.3 is 0 Å². The van der Waals surface area contributed by atoms with Crippen molar-refractivity contribution in [3.63, 3.8) is 0 Å². The molecule has 26 heavy (non-hydrogen) atoms. The first-order valence-electron chi connectivity index (χ1n) is 9.02. The molecule has 0 unspecified atom stereocenters. The highest BCUT2D eigenvalue weighted by Gasteiger charge is 2.55. The van der Waals surface area contributed by atoms with Crippen LogP contribution in [0.1, 0.15) is 34.8 Å². The number of carbonyl (C=O) groups excluding carboxylic acids is 1. The number of piperidine rings is 3. The monoisotopic (exact) mass is 359 g/mol. The number of hydrogen-bond donors (Lipinski definition) is 0. The summed E-state index contributed by atoms with van der Waals surface area (Å²) < 4.78 is 33.3. The van der Waals surface area contributed by atoms with Crippen molar-refractivity contribution in [2.75, 3.05) is 19.6 Å². The topological polar surface area (TPSA) is 49.6 Å². The summed E-state index contributed by atoms with van der Waals surface area (Å²) in [7, 11) is 0. The molecule has 0 N–H and O–H groups in total. The van der Waals surface area contributed by atoms with Gasteiger partial charge in [-0.2, -0.15) is 0 Å². The van der Waals surface area contributed by atoms with E-state index in [-0.39, 0.29) is 29.6 Å². The molecule has 0 aliphatic carbocycles. The third-order valence-corrected chi connectivity index (χ3v) is 6.29. The Morgan fingerprint density at radius 1 is 1.19 bits per heavy atom. The second-order valence-corrected chi connectivity index (χ2v) is 7.44. The molecule has 3 atom stereocenters. The third kappa shape index (κ3) is 2.23. The van der Waals surface area contributed by atoms with Gasteiger partial charge in [-0.15, -0.1) is 0 Å². The lowest BCUT2D eigenvalue weighted by molar-refractivity contribution is -0.00376. The number of amides is 1. The van der Waals surface area contributed by atoms with Crippen molar-refractivity contribution in [1.29, 1.82) is 0 Å². The number of aromatic nitrogens is 1. The van der Waals surface area contributed by atoms with Crippen molar-refractivity contribution < 1.29 is 18.0 Å². The Labute approximate surface area is 149 Å². The van der Waals surface area contributed by atoms with E-state index in [1.165, 1.54) is 12.7 Å². The molecule has 136 valence electrons. The van der Waals surface area contributed by atoms with Crippen LogP contribution in [-0.2, 0) is 0 Å². The number of likely N-dealkylation sites (tertiary alicyclic amines) is 1. The zero-order chi connectivity index (χ0) is 17.8. The number of halogens is 2. The average Bonchev–Trinajstić information content (AvgIpc) is 3.33. The molecule has 0 radical (unpaired) electrons. The second-order valence-electron chi connectivity index (χ2n) is 7.44. The van der Waals surface area contributed by atoms with Crippen molar-refractivity contribution in [3.05, 3.63) is 53.7 Å². The lowest BCUT2D eigenvalue weighted by Crippen LogP contribution is -2.60. The molecule has 4 saturated heterocycles. The fourth-order valence-electron chi connectivity index (χ4n) is 5.20. The van der Waals surface area contributed by atoms with Crippen LogP contribution in [0.25, 0.3) is 0 Å². The summed E-state index contributed by atoms with van der Waals surface area (Å²) >= 11 is 0. The fraction of sp³-hybridized carbons (Fsp3) is 0.474. The van der Waals surface area contributed by atoms with Crippen LogP contribution in [0.5, 0.6) is 0 Å². The van der Waals surface area contributed by atoms with Gasteiger partial charge in [0, 0.05) is 18.5 Å². The van der Waals surface area contributed by atoms with Crippen LogP contribution in [0, 0.1) is 17.6 Å². The minimum absolute atomic E-state index is 0.00867. The van der Waals surface area contributed by atoms with Gasteiger partial charge in [-0.3, -0.25) is 9.69 Å². The summed E-state index contributed by atoms with van der Waals surface area (Å²) in [5, 5.41) is 0. The molecular formula is C19H19F2N3O2. The molecule has 7 heteroatoms. The zero-order valence-corrected chi connectivity index (χ0v) is 14.1. The first kappa shape index (κ1) is 15.9. The molecule has 5 heterocycles. The summed E-state index contributed by atoms with van der Waals surface area (Å²) in [6.07, 6.45) is 4.64. The Bertz CT molecular complexity index is 833. The summed E-state index contributed by atoms with van der Waals surface area (Å²) in [5.41, 5.74) is 0.628. The van der Waals surface area contributed by atoms with Crippen molar-refractivity contribution in [2.45, 2.75) is 30.8 Å². The lowest BCUT2D eigenvalue weighted by Gasteiger charge is -2.51. The molecule has 6 rings (SSSR count). The highest BCUT2D eigenvalue weighted by Crippen LogP contribution is 2.47. The van der Waals surface area contributed by atoms with Gasteiger partial charge in [-0.05, 0) is 43.5 Å². The van der Waals surface area contributed by atoms with Crippen LogP contribution in [0.2, 0.25) is 0 Å². The highest BCUT2D eigenvalue weighted by molar-refractivity contribution is 5.92. The Morgan fingerprint density at radius 2 is 2.00 bits per heavy atom. The number of fused-ring (bicyclic) bond motifs is 2. The molecule has 2 bridgehead atoms. The molecule has 4 fully saturated rings. The Hall–Kier alpha value is -2.28. The van der Waals surface area contributed by atoms with Gasteiger partial charge in [0.05, 0.1) is 6.04 Å². The van der Waals surface area contributed by atoms with E-state index in [4.69, 9.17) is 4.42 Å². The minimum atomic E-state index is -0.837. The van der Waals surface area contributed by atoms with Crippen molar-refractivity contribution in [2.24, 2.45) is 5.92 Å². The molecule has 1 aromatic carbocycles. The molecule has 0 saturated carbocycles. The van der Waals surface area contributed by atoms with Gasteiger partial charge in [0.25, 0.3) is 5.91 Å². The smallest absolute Gasteiger partial charge is 0.276 e. The van der Waals surface area contributed by atoms with E-state index in [0.29, 0.717) is 18.0 Å². The number of benzene rings is 1. The maximum Gasteiger partial charge on any atom is 0.276 e. The van der Waals surface area contributed by atoms with Gasteiger partial charge in [-0.25, -0.2) is 13.8 Å². The van der Waals surface area contributed by atoms with Gasteiger partial charge in [0.2, 0.25) is 0 Å². The standard InChI is InChI=1S/C19H19F2N3O2/c20-14-3-1-2-12(16(14)21)13-8-24(19(25)15-9-26-10-22-15)17-11-4-6-23(7-5-11)18(13)17/h1-3,9-11,13,17-18H,4-8H2/t13-,17+,18+/m1/s1.